The predicted octanol–water partition coefficient (Wildman–Crippen LogP) is 2.32. The first-order chi connectivity index (χ1) is 12.7. The first kappa shape index (κ1) is 15.7. The van der Waals surface area contributed by atoms with Crippen LogP contribution >= 0.6 is 0 Å². The second-order valence-corrected chi connectivity index (χ2v) is 5.56. The summed E-state index contributed by atoms with van der Waals surface area (Å²) in [7, 11) is 1.77. The zero-order valence-electron chi connectivity index (χ0n) is 13.9. The van der Waals surface area contributed by atoms with Gasteiger partial charge in [-0.2, -0.15) is 10.2 Å². The zero-order valence-corrected chi connectivity index (χ0v) is 13.9. The van der Waals surface area contributed by atoms with Gasteiger partial charge in [0.15, 0.2) is 5.82 Å². The second kappa shape index (κ2) is 6.60. The van der Waals surface area contributed by atoms with Crippen molar-refractivity contribution in [3.8, 4) is 17.1 Å². The minimum Gasteiger partial charge on any atom is -0.305 e. The minimum absolute atomic E-state index is 0.296. The summed E-state index contributed by atoms with van der Waals surface area (Å²) in [5.41, 5.74) is 1.98. The Labute approximate surface area is 149 Å². The molecule has 0 atom stereocenters. The Morgan fingerprint density at radius 3 is 2.69 bits per heavy atom. The Bertz CT molecular complexity index is 1040. The first-order valence-corrected chi connectivity index (χ1v) is 7.93. The van der Waals surface area contributed by atoms with E-state index < -0.39 is 0 Å². The van der Waals surface area contributed by atoms with Crippen LogP contribution in [0.1, 0.15) is 10.5 Å². The molecule has 128 valence electrons. The van der Waals surface area contributed by atoms with Gasteiger partial charge >= 0.3 is 0 Å². The molecule has 1 N–H and O–H groups in total. The highest BCUT2D eigenvalue weighted by Gasteiger charge is 2.13. The Balaban J connectivity index is 1.57. The van der Waals surface area contributed by atoms with Crippen LogP contribution in [0.4, 0.5) is 5.82 Å². The van der Waals surface area contributed by atoms with Crippen LogP contribution in [0.2, 0.25) is 0 Å². The van der Waals surface area contributed by atoms with Crippen LogP contribution in [0.5, 0.6) is 0 Å². The minimum atomic E-state index is -0.316. The van der Waals surface area contributed by atoms with Crippen molar-refractivity contribution < 1.29 is 4.79 Å². The number of carbonyl (C=O) groups is 1. The average molecular weight is 345 g/mol. The van der Waals surface area contributed by atoms with Gasteiger partial charge in [-0.25, -0.2) is 9.67 Å². The molecule has 4 rings (SSSR count). The van der Waals surface area contributed by atoms with E-state index in [2.05, 4.69) is 25.5 Å². The highest BCUT2D eigenvalue weighted by atomic mass is 16.2. The Morgan fingerprint density at radius 2 is 1.92 bits per heavy atom. The summed E-state index contributed by atoms with van der Waals surface area (Å²) in [6.45, 7) is 0. The van der Waals surface area contributed by atoms with E-state index in [1.165, 1.54) is 0 Å². The van der Waals surface area contributed by atoms with E-state index in [1.807, 2.05) is 18.2 Å². The van der Waals surface area contributed by atoms with Crippen molar-refractivity contribution in [3.05, 3.63) is 72.9 Å². The summed E-state index contributed by atoms with van der Waals surface area (Å²) in [6, 6.07) is 12.5. The van der Waals surface area contributed by atoms with Crippen molar-refractivity contribution in [1.82, 2.24) is 29.5 Å². The normalized spacial score (nSPS) is 10.7. The molecule has 0 aliphatic carbocycles. The van der Waals surface area contributed by atoms with E-state index in [0.717, 1.165) is 11.3 Å². The topological polar surface area (TPSA) is 90.5 Å². The number of aromatic nitrogens is 6. The number of rotatable bonds is 4. The van der Waals surface area contributed by atoms with Gasteiger partial charge in [0.25, 0.3) is 5.91 Å². The summed E-state index contributed by atoms with van der Waals surface area (Å²) in [5.74, 6) is 0.835. The van der Waals surface area contributed by atoms with E-state index in [9.17, 15) is 4.79 Å². The number of pyridine rings is 2. The van der Waals surface area contributed by atoms with Crippen LogP contribution in [0.3, 0.4) is 0 Å². The molecule has 0 aromatic carbocycles. The van der Waals surface area contributed by atoms with Crippen molar-refractivity contribution in [2.75, 3.05) is 5.32 Å². The number of nitrogens with one attached hydrogen (secondary N) is 1. The Kier molecular flexibility index (Phi) is 3.98. The lowest BCUT2D eigenvalue weighted by atomic mass is 10.2. The molecule has 0 radical (unpaired) electrons. The lowest BCUT2D eigenvalue weighted by molar-refractivity contribution is 0.102. The molecule has 4 aromatic heterocycles. The molecule has 4 aromatic rings. The van der Waals surface area contributed by atoms with Gasteiger partial charge in [0.05, 0.1) is 5.69 Å². The third-order valence-electron chi connectivity index (χ3n) is 3.80. The third-order valence-corrected chi connectivity index (χ3v) is 3.80. The number of hydrogen-bond acceptors (Lipinski definition) is 5. The zero-order chi connectivity index (χ0) is 17.9. The maximum absolute atomic E-state index is 12.6. The van der Waals surface area contributed by atoms with Crippen LogP contribution < -0.4 is 5.32 Å². The number of hydrogen-bond donors (Lipinski definition) is 1. The Morgan fingerprint density at radius 1 is 1.08 bits per heavy atom. The molecule has 8 heteroatoms. The molecule has 1 amide bonds. The summed E-state index contributed by atoms with van der Waals surface area (Å²) in [4.78, 5) is 20.9. The van der Waals surface area contributed by atoms with Crippen LogP contribution in [-0.4, -0.2) is 35.4 Å². The van der Waals surface area contributed by atoms with Gasteiger partial charge in [-0.05, 0) is 30.3 Å². The summed E-state index contributed by atoms with van der Waals surface area (Å²) in [6.07, 6.45) is 6.83. The highest BCUT2D eigenvalue weighted by Crippen LogP contribution is 2.20. The molecule has 0 unspecified atom stereocenters. The van der Waals surface area contributed by atoms with Gasteiger partial charge in [0, 0.05) is 43.5 Å². The smallest absolute Gasteiger partial charge is 0.275 e. The lowest BCUT2D eigenvalue weighted by Gasteiger charge is -2.06. The molecule has 0 saturated carbocycles. The molecule has 0 spiro atoms. The largest absolute Gasteiger partial charge is 0.305 e. The molecule has 0 bridgehead atoms. The molecule has 0 aliphatic heterocycles. The number of anilines is 1. The van der Waals surface area contributed by atoms with Gasteiger partial charge in [-0.3, -0.25) is 14.5 Å². The number of aryl methyl sites for hydroxylation is 1. The van der Waals surface area contributed by atoms with Crippen LogP contribution in [-0.2, 0) is 7.05 Å². The van der Waals surface area contributed by atoms with E-state index in [0.29, 0.717) is 17.3 Å². The second-order valence-electron chi connectivity index (χ2n) is 5.56. The molecule has 8 nitrogen and oxygen atoms in total. The molecule has 4 heterocycles. The SMILES string of the molecule is Cn1nc(-c2ccncc2)cc1NC(=O)c1cccc(-n2cccn2)n1. The monoisotopic (exact) mass is 345 g/mol. The van der Waals surface area contributed by atoms with E-state index in [-0.39, 0.29) is 5.91 Å². The molecule has 0 aliphatic rings. The Hall–Kier alpha value is -3.81. The van der Waals surface area contributed by atoms with E-state index >= 15 is 0 Å². The van der Waals surface area contributed by atoms with E-state index in [4.69, 9.17) is 0 Å². The number of amides is 1. The van der Waals surface area contributed by atoms with Crippen LogP contribution in [0.25, 0.3) is 17.1 Å². The third kappa shape index (κ3) is 3.07. The highest BCUT2D eigenvalue weighted by molar-refractivity contribution is 6.02. The maximum Gasteiger partial charge on any atom is 0.275 e. The van der Waals surface area contributed by atoms with Gasteiger partial charge < -0.3 is 5.32 Å². The van der Waals surface area contributed by atoms with Crippen molar-refractivity contribution >= 4 is 11.7 Å². The fourth-order valence-electron chi connectivity index (χ4n) is 2.51. The quantitative estimate of drug-likeness (QED) is 0.613. The summed E-state index contributed by atoms with van der Waals surface area (Å²) in [5, 5.41) is 11.4. The molecular formula is C18H15N7O. The van der Waals surface area contributed by atoms with Gasteiger partial charge in [-0.15, -0.1) is 0 Å². The van der Waals surface area contributed by atoms with Gasteiger partial charge in [0.1, 0.15) is 11.5 Å². The fraction of sp³-hybridized carbons (Fsp3) is 0.0556. The average Bonchev–Trinajstić information content (AvgIpc) is 3.33. The summed E-state index contributed by atoms with van der Waals surface area (Å²) >= 11 is 0. The van der Waals surface area contributed by atoms with Crippen molar-refractivity contribution in [2.24, 2.45) is 7.05 Å². The molecule has 26 heavy (non-hydrogen) atoms. The van der Waals surface area contributed by atoms with Gasteiger partial charge in [0.2, 0.25) is 0 Å². The van der Waals surface area contributed by atoms with Crippen molar-refractivity contribution in [2.45, 2.75) is 0 Å². The van der Waals surface area contributed by atoms with E-state index in [1.54, 1.807) is 65.5 Å². The first-order valence-electron chi connectivity index (χ1n) is 7.93. The number of carbonyl (C=O) groups excluding carboxylic acids is 1. The van der Waals surface area contributed by atoms with Crippen LogP contribution in [0, 0.1) is 0 Å². The van der Waals surface area contributed by atoms with Gasteiger partial charge in [-0.1, -0.05) is 6.07 Å². The maximum atomic E-state index is 12.6. The molecular weight excluding hydrogens is 330 g/mol. The fourth-order valence-corrected chi connectivity index (χ4v) is 2.51. The van der Waals surface area contributed by atoms with Crippen LogP contribution in [0.15, 0.2) is 67.3 Å². The predicted molar refractivity (Wildman–Crippen MR) is 95.8 cm³/mol. The molecule has 0 saturated heterocycles. The lowest BCUT2D eigenvalue weighted by Crippen LogP contribution is -2.16. The standard InChI is InChI=1S/C18H15N7O/c1-24-17(12-15(23-24)13-6-9-19-10-7-13)22-18(26)14-4-2-5-16(21-14)25-11-3-8-20-25/h2-12H,1H3,(H,22,26). The molecule has 0 fully saturated rings. The van der Waals surface area contributed by atoms with Crippen molar-refractivity contribution in [3.63, 3.8) is 0 Å². The van der Waals surface area contributed by atoms with Crippen molar-refractivity contribution in [1.29, 1.82) is 0 Å². The number of nitrogens with zero attached hydrogens (tertiary/aromatic N) is 6. The summed E-state index contributed by atoms with van der Waals surface area (Å²) < 4.78 is 3.22.